The molecule has 0 fully saturated rings. The largest absolute Gasteiger partial charge is 0.389 e. The number of thiocarbonyl (C=S) groups is 1. The molecule has 3 heterocycles. The van der Waals surface area contributed by atoms with Gasteiger partial charge in [0.15, 0.2) is 0 Å². The van der Waals surface area contributed by atoms with Crippen LogP contribution in [0.4, 0.5) is 5.82 Å². The lowest BCUT2D eigenvalue weighted by Gasteiger charge is -2.07. The predicted octanol–water partition coefficient (Wildman–Crippen LogP) is 0.954. The molecule has 0 unspecified atom stereocenters. The lowest BCUT2D eigenvalue weighted by atomic mass is 10.2. The maximum Gasteiger partial charge on any atom is 0.260 e. The molecule has 8 heteroatoms. The number of aryl methyl sites for hydroxylation is 1. The SMILES string of the molecule is Cn1ncc(C(N)=S)c1NC(=O)c1cnn2ccccc12. The lowest BCUT2D eigenvalue weighted by molar-refractivity contribution is 0.102. The molecule has 0 saturated heterocycles. The third-order valence-electron chi connectivity index (χ3n) is 3.11. The van der Waals surface area contributed by atoms with Gasteiger partial charge in [0.1, 0.15) is 10.8 Å². The van der Waals surface area contributed by atoms with E-state index in [2.05, 4.69) is 15.5 Å². The average molecular weight is 300 g/mol. The van der Waals surface area contributed by atoms with Crippen molar-refractivity contribution in [1.29, 1.82) is 0 Å². The van der Waals surface area contributed by atoms with Crippen molar-refractivity contribution in [2.45, 2.75) is 0 Å². The summed E-state index contributed by atoms with van der Waals surface area (Å²) in [6.07, 6.45) is 4.81. The second-order valence-corrected chi connectivity index (χ2v) is 4.88. The molecule has 0 bridgehead atoms. The first kappa shape index (κ1) is 13.3. The van der Waals surface area contributed by atoms with E-state index in [0.717, 1.165) is 0 Å². The zero-order chi connectivity index (χ0) is 15.0. The van der Waals surface area contributed by atoms with Crippen LogP contribution in [-0.4, -0.2) is 30.3 Å². The number of carbonyl (C=O) groups is 1. The number of aromatic nitrogens is 4. The predicted molar refractivity (Wildman–Crippen MR) is 82.2 cm³/mol. The Morgan fingerprint density at radius 2 is 2.05 bits per heavy atom. The van der Waals surface area contributed by atoms with Gasteiger partial charge < -0.3 is 11.1 Å². The minimum absolute atomic E-state index is 0.179. The highest BCUT2D eigenvalue weighted by molar-refractivity contribution is 7.80. The summed E-state index contributed by atoms with van der Waals surface area (Å²) in [6.45, 7) is 0. The number of pyridine rings is 1. The van der Waals surface area contributed by atoms with Crippen LogP contribution in [0.2, 0.25) is 0 Å². The van der Waals surface area contributed by atoms with E-state index in [-0.39, 0.29) is 10.9 Å². The van der Waals surface area contributed by atoms with Gasteiger partial charge in [0, 0.05) is 13.2 Å². The first-order valence-electron chi connectivity index (χ1n) is 6.13. The van der Waals surface area contributed by atoms with Crippen LogP contribution < -0.4 is 11.1 Å². The second-order valence-electron chi connectivity index (χ2n) is 4.44. The number of amides is 1. The fourth-order valence-corrected chi connectivity index (χ4v) is 2.20. The van der Waals surface area contributed by atoms with Gasteiger partial charge in [-0.15, -0.1) is 0 Å². The van der Waals surface area contributed by atoms with Gasteiger partial charge in [0.25, 0.3) is 5.91 Å². The first-order valence-corrected chi connectivity index (χ1v) is 6.54. The fourth-order valence-electron chi connectivity index (χ4n) is 2.05. The quantitative estimate of drug-likeness (QED) is 0.703. The third kappa shape index (κ3) is 2.25. The van der Waals surface area contributed by atoms with Crippen molar-refractivity contribution in [3.8, 4) is 0 Å². The van der Waals surface area contributed by atoms with E-state index in [4.69, 9.17) is 18.0 Å². The van der Waals surface area contributed by atoms with Gasteiger partial charge in [0.2, 0.25) is 0 Å². The molecule has 0 aliphatic rings. The Labute approximate surface area is 125 Å². The summed E-state index contributed by atoms with van der Waals surface area (Å²) in [5.41, 5.74) is 7.33. The number of anilines is 1. The van der Waals surface area contributed by atoms with Crippen molar-refractivity contribution < 1.29 is 4.79 Å². The van der Waals surface area contributed by atoms with Crippen molar-refractivity contribution in [3.05, 3.63) is 47.9 Å². The highest BCUT2D eigenvalue weighted by Crippen LogP contribution is 2.17. The fraction of sp³-hybridized carbons (Fsp3) is 0.0769. The Bertz CT molecular complexity index is 849. The van der Waals surface area contributed by atoms with Gasteiger partial charge in [-0.25, -0.2) is 4.52 Å². The van der Waals surface area contributed by atoms with Crippen LogP contribution in [0.15, 0.2) is 36.8 Å². The number of nitrogens with two attached hydrogens (primary N) is 1. The van der Waals surface area contributed by atoms with Gasteiger partial charge >= 0.3 is 0 Å². The monoisotopic (exact) mass is 300 g/mol. The van der Waals surface area contributed by atoms with E-state index >= 15 is 0 Å². The maximum absolute atomic E-state index is 12.4. The zero-order valence-corrected chi connectivity index (χ0v) is 12.0. The summed E-state index contributed by atoms with van der Waals surface area (Å²) in [5, 5.41) is 11.0. The molecule has 106 valence electrons. The van der Waals surface area contributed by atoms with Crippen LogP contribution in [0.1, 0.15) is 15.9 Å². The molecule has 0 saturated carbocycles. The number of nitrogens with one attached hydrogen (secondary N) is 1. The Hall–Kier alpha value is -2.74. The molecule has 1 amide bonds. The van der Waals surface area contributed by atoms with Gasteiger partial charge in [-0.2, -0.15) is 10.2 Å². The van der Waals surface area contributed by atoms with Crippen molar-refractivity contribution in [2.24, 2.45) is 12.8 Å². The molecule has 3 N–H and O–H groups in total. The molecule has 0 aliphatic carbocycles. The Morgan fingerprint density at radius 3 is 2.81 bits per heavy atom. The van der Waals surface area contributed by atoms with E-state index < -0.39 is 0 Å². The van der Waals surface area contributed by atoms with Crippen molar-refractivity contribution in [2.75, 3.05) is 5.32 Å². The Kier molecular flexibility index (Phi) is 3.15. The van der Waals surface area contributed by atoms with Crippen molar-refractivity contribution in [1.82, 2.24) is 19.4 Å². The summed E-state index contributed by atoms with van der Waals surface area (Å²) in [7, 11) is 1.70. The molecular formula is C13H12N6OS. The van der Waals surface area contributed by atoms with E-state index in [0.29, 0.717) is 22.5 Å². The molecule has 7 nitrogen and oxygen atoms in total. The minimum Gasteiger partial charge on any atom is -0.389 e. The number of hydrogen-bond donors (Lipinski definition) is 2. The molecule has 0 radical (unpaired) electrons. The number of fused-ring (bicyclic) bond motifs is 1. The van der Waals surface area contributed by atoms with Gasteiger partial charge in [-0.3, -0.25) is 9.48 Å². The molecule has 3 aromatic rings. The van der Waals surface area contributed by atoms with Crippen LogP contribution in [0.3, 0.4) is 0 Å². The van der Waals surface area contributed by atoms with Crippen LogP contribution in [0.25, 0.3) is 5.52 Å². The van der Waals surface area contributed by atoms with E-state index in [1.54, 1.807) is 17.8 Å². The van der Waals surface area contributed by atoms with Crippen LogP contribution >= 0.6 is 12.2 Å². The number of rotatable bonds is 3. The summed E-state index contributed by atoms with van der Waals surface area (Å²) in [4.78, 5) is 12.6. The van der Waals surface area contributed by atoms with E-state index in [1.807, 2.05) is 18.2 Å². The maximum atomic E-state index is 12.4. The lowest BCUT2D eigenvalue weighted by Crippen LogP contribution is -2.18. The second kappa shape index (κ2) is 4.98. The molecule has 21 heavy (non-hydrogen) atoms. The highest BCUT2D eigenvalue weighted by Gasteiger charge is 2.17. The molecule has 3 aromatic heterocycles. The smallest absolute Gasteiger partial charge is 0.260 e. The van der Waals surface area contributed by atoms with Gasteiger partial charge in [-0.1, -0.05) is 18.3 Å². The van der Waals surface area contributed by atoms with E-state index in [1.165, 1.54) is 17.1 Å². The number of carbonyl (C=O) groups excluding carboxylic acids is 1. The van der Waals surface area contributed by atoms with Gasteiger partial charge in [0.05, 0.1) is 29.0 Å². The molecule has 3 rings (SSSR count). The van der Waals surface area contributed by atoms with E-state index in [9.17, 15) is 4.79 Å². The van der Waals surface area contributed by atoms with Crippen molar-refractivity contribution >= 4 is 34.4 Å². The summed E-state index contributed by atoms with van der Waals surface area (Å²) in [6, 6.07) is 5.51. The average Bonchev–Trinajstić information content (AvgIpc) is 3.03. The molecule has 0 aliphatic heterocycles. The zero-order valence-electron chi connectivity index (χ0n) is 11.1. The number of hydrogen-bond acceptors (Lipinski definition) is 4. The standard InChI is InChI=1S/C13H12N6OS/c1-18-12(9(7-15-18)11(14)21)17-13(20)8-6-16-19-5-3-2-4-10(8)19/h2-7H,1H3,(H2,14,21)(H,17,20). The molecule has 0 spiro atoms. The molecule has 0 atom stereocenters. The summed E-state index contributed by atoms with van der Waals surface area (Å²) >= 11 is 4.95. The van der Waals surface area contributed by atoms with Crippen LogP contribution in [0.5, 0.6) is 0 Å². The highest BCUT2D eigenvalue weighted by atomic mass is 32.1. The normalized spacial score (nSPS) is 10.7. The van der Waals surface area contributed by atoms with Gasteiger partial charge in [-0.05, 0) is 12.1 Å². The Balaban J connectivity index is 1.97. The minimum atomic E-state index is -0.294. The molecule has 0 aromatic carbocycles. The summed E-state index contributed by atoms with van der Waals surface area (Å²) in [5.74, 6) is 0.167. The number of nitrogens with zero attached hydrogens (tertiary/aromatic N) is 4. The van der Waals surface area contributed by atoms with Crippen LogP contribution in [-0.2, 0) is 7.05 Å². The van der Waals surface area contributed by atoms with Crippen LogP contribution in [0, 0.1) is 0 Å². The Morgan fingerprint density at radius 1 is 1.29 bits per heavy atom. The first-order chi connectivity index (χ1) is 10.1. The molecular weight excluding hydrogens is 288 g/mol. The topological polar surface area (TPSA) is 90.2 Å². The summed E-state index contributed by atoms with van der Waals surface area (Å²) < 4.78 is 3.14. The third-order valence-corrected chi connectivity index (χ3v) is 3.33. The van der Waals surface area contributed by atoms with Crippen molar-refractivity contribution in [3.63, 3.8) is 0 Å².